The van der Waals surface area contributed by atoms with Gasteiger partial charge in [-0.15, -0.1) is 0 Å². The maximum Gasteiger partial charge on any atom is 0.303 e. The summed E-state index contributed by atoms with van der Waals surface area (Å²) in [5.74, 6) is 0.194. The highest BCUT2D eigenvalue weighted by Gasteiger charge is 2.39. The van der Waals surface area contributed by atoms with Gasteiger partial charge in [-0.25, -0.2) is 4.98 Å². The van der Waals surface area contributed by atoms with Crippen LogP contribution in [-0.4, -0.2) is 38.0 Å². The Labute approximate surface area is 123 Å². The monoisotopic (exact) mass is 291 g/mol. The third-order valence-electron chi connectivity index (χ3n) is 4.81. The molecular weight excluding hydrogens is 270 g/mol. The van der Waals surface area contributed by atoms with Gasteiger partial charge in [0, 0.05) is 31.9 Å². The molecule has 0 atom stereocenters. The summed E-state index contributed by atoms with van der Waals surface area (Å²) in [5, 5.41) is 9.13. The van der Waals surface area contributed by atoms with Crippen LogP contribution in [0.1, 0.15) is 44.3 Å². The first-order chi connectivity index (χ1) is 10.1. The number of aromatic nitrogens is 2. The van der Waals surface area contributed by atoms with Crippen molar-refractivity contribution >= 4 is 11.9 Å². The van der Waals surface area contributed by atoms with Gasteiger partial charge in [0.15, 0.2) is 0 Å². The largest absolute Gasteiger partial charge is 0.481 e. The average molecular weight is 291 g/mol. The SMILES string of the molecule is O=C(O)CC1(CC(=O)N2CCn3ccnc3C2)CCCC1. The lowest BCUT2D eigenvalue weighted by molar-refractivity contribution is -0.142. The van der Waals surface area contributed by atoms with Crippen molar-refractivity contribution < 1.29 is 14.7 Å². The van der Waals surface area contributed by atoms with Gasteiger partial charge in [0.25, 0.3) is 0 Å². The van der Waals surface area contributed by atoms with Crippen LogP contribution in [0.3, 0.4) is 0 Å². The van der Waals surface area contributed by atoms with E-state index >= 15 is 0 Å². The first-order valence-corrected chi connectivity index (χ1v) is 7.58. The van der Waals surface area contributed by atoms with Gasteiger partial charge in [-0.3, -0.25) is 9.59 Å². The molecule has 0 spiro atoms. The number of imidazole rings is 1. The highest BCUT2D eigenvalue weighted by atomic mass is 16.4. The highest BCUT2D eigenvalue weighted by Crippen LogP contribution is 2.44. The molecule has 3 rings (SSSR count). The average Bonchev–Trinajstić information content (AvgIpc) is 3.06. The number of hydrogen-bond acceptors (Lipinski definition) is 3. The van der Waals surface area contributed by atoms with Gasteiger partial charge in [-0.2, -0.15) is 0 Å². The Kier molecular flexibility index (Phi) is 3.69. The van der Waals surface area contributed by atoms with Crippen LogP contribution in [0.2, 0.25) is 0 Å². The van der Waals surface area contributed by atoms with Crippen molar-refractivity contribution in [1.29, 1.82) is 0 Å². The Hall–Kier alpha value is -1.85. The molecule has 114 valence electrons. The lowest BCUT2D eigenvalue weighted by atomic mass is 9.79. The van der Waals surface area contributed by atoms with Gasteiger partial charge in [-0.05, 0) is 18.3 Å². The standard InChI is InChI=1S/C15H21N3O3/c19-13(9-15(10-14(20)21)3-1-2-4-15)18-8-7-17-6-5-16-12(17)11-18/h5-6H,1-4,7-11H2,(H,20,21). The first-order valence-electron chi connectivity index (χ1n) is 7.58. The van der Waals surface area contributed by atoms with Gasteiger partial charge in [0.2, 0.25) is 5.91 Å². The number of hydrogen-bond donors (Lipinski definition) is 1. The highest BCUT2D eigenvalue weighted by molar-refractivity contribution is 5.78. The van der Waals surface area contributed by atoms with Crippen LogP contribution in [0.15, 0.2) is 12.4 Å². The maximum absolute atomic E-state index is 12.6. The number of rotatable bonds is 4. The number of carbonyl (C=O) groups is 2. The molecule has 1 aliphatic carbocycles. The van der Waals surface area contributed by atoms with Gasteiger partial charge in [0.1, 0.15) is 5.82 Å². The molecule has 1 N–H and O–H groups in total. The number of carboxylic acids is 1. The van der Waals surface area contributed by atoms with Crippen LogP contribution in [-0.2, 0) is 22.7 Å². The summed E-state index contributed by atoms with van der Waals surface area (Å²) in [6.45, 7) is 1.99. The number of amides is 1. The fourth-order valence-electron chi connectivity index (χ4n) is 3.68. The van der Waals surface area contributed by atoms with Crippen LogP contribution in [0.4, 0.5) is 0 Å². The van der Waals surface area contributed by atoms with Crippen LogP contribution >= 0.6 is 0 Å². The number of carboxylic acid groups (broad SMARTS) is 1. The minimum atomic E-state index is -0.793. The van der Waals surface area contributed by atoms with Crippen LogP contribution in [0, 0.1) is 5.41 Å². The van der Waals surface area contributed by atoms with Crippen molar-refractivity contribution in [2.24, 2.45) is 5.41 Å². The minimum absolute atomic E-state index is 0.0763. The summed E-state index contributed by atoms with van der Waals surface area (Å²) >= 11 is 0. The van der Waals surface area contributed by atoms with E-state index in [1.165, 1.54) is 0 Å². The molecule has 0 aromatic carbocycles. The van der Waals surface area contributed by atoms with Gasteiger partial charge in [-0.1, -0.05) is 12.8 Å². The van der Waals surface area contributed by atoms with E-state index in [0.717, 1.165) is 38.1 Å². The predicted molar refractivity (Wildman–Crippen MR) is 75.4 cm³/mol. The quantitative estimate of drug-likeness (QED) is 0.915. The topological polar surface area (TPSA) is 75.4 Å². The Bertz CT molecular complexity index is 546. The summed E-state index contributed by atoms with van der Waals surface area (Å²) in [7, 11) is 0. The summed E-state index contributed by atoms with van der Waals surface area (Å²) in [6, 6.07) is 0. The molecular formula is C15H21N3O3. The van der Waals surface area contributed by atoms with Crippen molar-refractivity contribution in [3.63, 3.8) is 0 Å². The molecule has 0 radical (unpaired) electrons. The number of aliphatic carboxylic acids is 1. The fraction of sp³-hybridized carbons (Fsp3) is 0.667. The molecule has 2 heterocycles. The number of fused-ring (bicyclic) bond motifs is 1. The van der Waals surface area contributed by atoms with Crippen molar-refractivity contribution in [3.05, 3.63) is 18.2 Å². The van der Waals surface area contributed by atoms with Crippen LogP contribution in [0.25, 0.3) is 0 Å². The Morgan fingerprint density at radius 1 is 1.24 bits per heavy atom. The van der Waals surface area contributed by atoms with E-state index in [9.17, 15) is 9.59 Å². The molecule has 2 aliphatic rings. The zero-order chi connectivity index (χ0) is 14.9. The second kappa shape index (κ2) is 5.50. The van der Waals surface area contributed by atoms with Gasteiger partial charge in [0.05, 0.1) is 13.0 Å². The first kappa shape index (κ1) is 14.1. The zero-order valence-electron chi connectivity index (χ0n) is 12.1. The molecule has 1 aromatic rings. The molecule has 0 saturated heterocycles. The molecule has 1 aromatic heterocycles. The van der Waals surface area contributed by atoms with Crippen LogP contribution in [0.5, 0.6) is 0 Å². The third-order valence-corrected chi connectivity index (χ3v) is 4.81. The van der Waals surface area contributed by atoms with Crippen molar-refractivity contribution in [2.45, 2.75) is 51.6 Å². The second-order valence-corrected chi connectivity index (χ2v) is 6.31. The summed E-state index contributed by atoms with van der Waals surface area (Å²) < 4.78 is 2.06. The fourth-order valence-corrected chi connectivity index (χ4v) is 3.68. The van der Waals surface area contributed by atoms with Gasteiger partial charge < -0.3 is 14.6 Å². The van der Waals surface area contributed by atoms with E-state index in [0.29, 0.717) is 19.5 Å². The lowest BCUT2D eigenvalue weighted by Crippen LogP contribution is -2.40. The normalized spacial score (nSPS) is 20.3. The lowest BCUT2D eigenvalue weighted by Gasteiger charge is -2.32. The van der Waals surface area contributed by atoms with E-state index in [4.69, 9.17) is 5.11 Å². The molecule has 21 heavy (non-hydrogen) atoms. The molecule has 0 bridgehead atoms. The maximum atomic E-state index is 12.6. The Morgan fingerprint density at radius 3 is 2.71 bits per heavy atom. The van der Waals surface area contributed by atoms with Crippen molar-refractivity contribution in [2.75, 3.05) is 6.54 Å². The summed E-state index contributed by atoms with van der Waals surface area (Å²) in [6.07, 6.45) is 7.93. The number of carbonyl (C=O) groups excluding carboxylic acids is 1. The zero-order valence-corrected chi connectivity index (χ0v) is 12.1. The van der Waals surface area contributed by atoms with E-state index in [1.807, 2.05) is 11.1 Å². The molecule has 6 nitrogen and oxygen atoms in total. The van der Waals surface area contributed by atoms with E-state index in [1.54, 1.807) is 6.20 Å². The molecule has 6 heteroatoms. The molecule has 1 aliphatic heterocycles. The minimum Gasteiger partial charge on any atom is -0.481 e. The Balaban J connectivity index is 1.67. The number of nitrogens with zero attached hydrogens (tertiary/aromatic N) is 3. The summed E-state index contributed by atoms with van der Waals surface area (Å²) in [5.41, 5.74) is -0.324. The molecule has 1 saturated carbocycles. The van der Waals surface area contributed by atoms with E-state index in [2.05, 4.69) is 9.55 Å². The van der Waals surface area contributed by atoms with Crippen molar-refractivity contribution in [3.8, 4) is 0 Å². The Morgan fingerprint density at radius 2 is 2.00 bits per heavy atom. The smallest absolute Gasteiger partial charge is 0.303 e. The molecule has 0 unspecified atom stereocenters. The van der Waals surface area contributed by atoms with E-state index in [-0.39, 0.29) is 17.7 Å². The summed E-state index contributed by atoms with van der Waals surface area (Å²) in [4.78, 5) is 29.8. The van der Waals surface area contributed by atoms with Crippen molar-refractivity contribution in [1.82, 2.24) is 14.5 Å². The third kappa shape index (κ3) is 2.94. The van der Waals surface area contributed by atoms with Crippen LogP contribution < -0.4 is 0 Å². The predicted octanol–water partition coefficient (Wildman–Crippen LogP) is 1.65. The molecule has 1 amide bonds. The van der Waals surface area contributed by atoms with Gasteiger partial charge >= 0.3 is 5.97 Å². The molecule has 1 fully saturated rings. The second-order valence-electron chi connectivity index (χ2n) is 6.31. The van der Waals surface area contributed by atoms with E-state index < -0.39 is 5.97 Å².